The van der Waals surface area contributed by atoms with Crippen molar-refractivity contribution in [3.63, 3.8) is 0 Å². The van der Waals surface area contributed by atoms with Crippen molar-refractivity contribution in [2.24, 2.45) is 34.5 Å². The number of aliphatic hydroxyl groups excluding tert-OH is 1. The van der Waals surface area contributed by atoms with Crippen LogP contribution in [0, 0.1) is 34.5 Å². The Hall–Kier alpha value is -3.55. The van der Waals surface area contributed by atoms with Crippen LogP contribution >= 0.6 is 0 Å². The molecule has 1 spiro atoms. The first-order valence-corrected chi connectivity index (χ1v) is 14.3. The highest BCUT2D eigenvalue weighted by atomic mass is 16.6. The number of allylic oxidation sites excluding steroid dienone is 1. The number of hydrogen-bond donors (Lipinski definition) is 2. The molecule has 0 aliphatic heterocycles. The molecule has 2 saturated carbocycles. The van der Waals surface area contributed by atoms with Gasteiger partial charge in [-0.1, -0.05) is 62.4 Å². The summed E-state index contributed by atoms with van der Waals surface area (Å²) in [4.78, 5) is 40.5. The van der Waals surface area contributed by atoms with E-state index in [9.17, 15) is 24.6 Å². The molecule has 6 rings (SSSR count). The molecule has 0 radical (unpaired) electrons. The maximum Gasteiger partial charge on any atom is 0.338 e. The summed E-state index contributed by atoms with van der Waals surface area (Å²) in [6, 6.07) is 17.3. The Morgan fingerprint density at radius 2 is 1.54 bits per heavy atom. The van der Waals surface area contributed by atoms with E-state index in [0.29, 0.717) is 28.7 Å². The molecule has 9 unspecified atom stereocenters. The van der Waals surface area contributed by atoms with Gasteiger partial charge < -0.3 is 19.7 Å². The maximum absolute atomic E-state index is 14.7. The van der Waals surface area contributed by atoms with E-state index in [1.807, 2.05) is 13.0 Å². The molecule has 0 aromatic heterocycles. The van der Waals surface area contributed by atoms with Crippen LogP contribution in [0.1, 0.15) is 54.8 Å². The molecule has 2 N–H and O–H groups in total. The normalized spacial score (nSPS) is 38.8. The van der Waals surface area contributed by atoms with Gasteiger partial charge in [-0.2, -0.15) is 0 Å². The Morgan fingerprint density at radius 1 is 0.951 bits per heavy atom. The highest BCUT2D eigenvalue weighted by Crippen LogP contribution is 2.72. The van der Waals surface area contributed by atoms with Crippen LogP contribution in [0.15, 0.2) is 84.0 Å². The van der Waals surface area contributed by atoms with Crippen molar-refractivity contribution in [3.8, 4) is 0 Å². The smallest absolute Gasteiger partial charge is 0.338 e. The SMILES string of the molecule is CC1=CC2C(=O)C3(C=C(C)C(OC(=O)c4ccccc4)C3(O)C1O)C(C)CC1C2C1(C)COC(=O)c1ccccc1. The minimum Gasteiger partial charge on any atom is -0.461 e. The van der Waals surface area contributed by atoms with E-state index < -0.39 is 46.5 Å². The van der Waals surface area contributed by atoms with Gasteiger partial charge in [0.1, 0.15) is 6.10 Å². The average molecular weight is 557 g/mol. The largest absolute Gasteiger partial charge is 0.461 e. The van der Waals surface area contributed by atoms with Gasteiger partial charge in [-0.05, 0) is 73.4 Å². The van der Waals surface area contributed by atoms with Gasteiger partial charge in [0.25, 0.3) is 0 Å². The molecule has 4 aliphatic carbocycles. The molecule has 2 aromatic carbocycles. The quantitative estimate of drug-likeness (QED) is 0.411. The first-order valence-electron chi connectivity index (χ1n) is 14.3. The number of rotatable bonds is 5. The Morgan fingerprint density at radius 3 is 2.15 bits per heavy atom. The van der Waals surface area contributed by atoms with Crippen LogP contribution < -0.4 is 0 Å². The molecule has 0 heterocycles. The van der Waals surface area contributed by atoms with Crippen molar-refractivity contribution >= 4 is 17.7 Å². The van der Waals surface area contributed by atoms with Gasteiger partial charge >= 0.3 is 11.9 Å². The molecule has 7 heteroatoms. The Balaban J connectivity index is 1.33. The second kappa shape index (κ2) is 9.50. The molecular weight excluding hydrogens is 520 g/mol. The van der Waals surface area contributed by atoms with E-state index in [-0.39, 0.29) is 30.1 Å². The van der Waals surface area contributed by atoms with Crippen LogP contribution in [0.25, 0.3) is 0 Å². The number of fused-ring (bicyclic) bond motifs is 3. The van der Waals surface area contributed by atoms with Gasteiger partial charge in [0.2, 0.25) is 0 Å². The topological polar surface area (TPSA) is 110 Å². The van der Waals surface area contributed by atoms with Crippen molar-refractivity contribution in [2.45, 2.75) is 51.9 Å². The molecule has 214 valence electrons. The fraction of sp³-hybridized carbons (Fsp3) is 0.441. The third-order valence-electron chi connectivity index (χ3n) is 10.4. The van der Waals surface area contributed by atoms with E-state index in [1.54, 1.807) is 80.6 Å². The van der Waals surface area contributed by atoms with Crippen molar-refractivity contribution < 1.29 is 34.1 Å². The summed E-state index contributed by atoms with van der Waals surface area (Å²) in [6.45, 7) is 7.60. The molecule has 2 fully saturated rings. The predicted octanol–water partition coefficient (Wildman–Crippen LogP) is 4.54. The van der Waals surface area contributed by atoms with Crippen molar-refractivity contribution in [1.29, 1.82) is 0 Å². The van der Waals surface area contributed by atoms with Gasteiger partial charge in [-0.15, -0.1) is 0 Å². The number of ether oxygens (including phenoxy) is 2. The lowest BCUT2D eigenvalue weighted by atomic mass is 9.59. The third kappa shape index (κ3) is 3.82. The zero-order chi connectivity index (χ0) is 29.3. The van der Waals surface area contributed by atoms with Gasteiger partial charge in [0.15, 0.2) is 17.5 Å². The summed E-state index contributed by atoms with van der Waals surface area (Å²) >= 11 is 0. The highest BCUT2D eigenvalue weighted by Gasteiger charge is 2.77. The summed E-state index contributed by atoms with van der Waals surface area (Å²) in [6.07, 6.45) is 1.48. The highest BCUT2D eigenvalue weighted by molar-refractivity contribution is 5.96. The number of carbonyl (C=O) groups is 3. The van der Waals surface area contributed by atoms with E-state index in [4.69, 9.17) is 9.47 Å². The molecule has 2 bridgehead atoms. The van der Waals surface area contributed by atoms with Gasteiger partial charge in [-0.25, -0.2) is 9.59 Å². The van der Waals surface area contributed by atoms with E-state index >= 15 is 0 Å². The zero-order valence-corrected chi connectivity index (χ0v) is 23.7. The minimum atomic E-state index is -2.07. The zero-order valence-electron chi connectivity index (χ0n) is 23.7. The van der Waals surface area contributed by atoms with Crippen LogP contribution in [0.4, 0.5) is 0 Å². The molecular formula is C34H36O7. The molecule has 4 aliphatic rings. The van der Waals surface area contributed by atoms with E-state index in [0.717, 1.165) is 0 Å². The van der Waals surface area contributed by atoms with Crippen LogP contribution in [0.3, 0.4) is 0 Å². The summed E-state index contributed by atoms with van der Waals surface area (Å²) in [5.41, 5.74) is -2.16. The predicted molar refractivity (Wildman–Crippen MR) is 151 cm³/mol. The molecule has 7 nitrogen and oxygen atoms in total. The number of esters is 2. The number of ketones is 1. The summed E-state index contributed by atoms with van der Waals surface area (Å²) < 4.78 is 11.7. The summed E-state index contributed by atoms with van der Waals surface area (Å²) in [5, 5.41) is 24.2. The first kappa shape index (κ1) is 27.6. The lowest BCUT2D eigenvalue weighted by molar-refractivity contribution is -0.190. The van der Waals surface area contributed by atoms with Crippen LogP contribution in [-0.2, 0) is 14.3 Å². The second-order valence-corrected chi connectivity index (χ2v) is 12.7. The lowest BCUT2D eigenvalue weighted by Crippen LogP contribution is -2.65. The molecule has 0 saturated heterocycles. The second-order valence-electron chi connectivity index (χ2n) is 12.7. The van der Waals surface area contributed by atoms with E-state index in [2.05, 4.69) is 6.92 Å². The number of aliphatic hydroxyl groups is 2. The molecule has 41 heavy (non-hydrogen) atoms. The number of hydrogen-bond acceptors (Lipinski definition) is 7. The average Bonchev–Trinajstić information content (AvgIpc) is 3.51. The summed E-state index contributed by atoms with van der Waals surface area (Å²) in [7, 11) is 0. The first-order chi connectivity index (χ1) is 19.5. The third-order valence-corrected chi connectivity index (χ3v) is 10.4. The number of benzene rings is 2. The maximum atomic E-state index is 14.7. The summed E-state index contributed by atoms with van der Waals surface area (Å²) in [5.74, 6) is -2.25. The Labute approximate surface area is 239 Å². The fourth-order valence-electron chi connectivity index (χ4n) is 8.23. The number of Topliss-reactive ketones (excluding diaryl/α,β-unsaturated/α-hetero) is 1. The van der Waals surface area contributed by atoms with Gasteiger partial charge in [0, 0.05) is 11.3 Å². The lowest BCUT2D eigenvalue weighted by Gasteiger charge is -2.48. The van der Waals surface area contributed by atoms with Gasteiger partial charge in [0.05, 0.1) is 23.1 Å². The Kier molecular flexibility index (Phi) is 6.40. The van der Waals surface area contributed by atoms with Crippen molar-refractivity contribution in [1.82, 2.24) is 0 Å². The Bertz CT molecular complexity index is 1460. The van der Waals surface area contributed by atoms with Crippen molar-refractivity contribution in [3.05, 3.63) is 95.1 Å². The minimum absolute atomic E-state index is 0.0672. The molecule has 0 amide bonds. The number of carbonyl (C=O) groups excluding carboxylic acids is 3. The van der Waals surface area contributed by atoms with E-state index in [1.165, 1.54) is 0 Å². The molecule has 9 atom stereocenters. The van der Waals surface area contributed by atoms with Crippen LogP contribution in [0.2, 0.25) is 0 Å². The molecule has 2 aromatic rings. The van der Waals surface area contributed by atoms with Gasteiger partial charge in [-0.3, -0.25) is 4.79 Å². The standard InChI is InChI=1S/C34H36O7/c1-19-15-24-26-25(32(26,4)18-40-30(37)22-11-7-5-8-12-22)16-21(3)33(28(24)36)17-20(2)29(34(33,39)27(19)35)41-31(38)23-13-9-6-10-14-23/h5-15,17,21,24-27,29,35,39H,16,18H2,1-4H3. The van der Waals surface area contributed by atoms with Crippen LogP contribution in [0.5, 0.6) is 0 Å². The fourth-order valence-corrected chi connectivity index (χ4v) is 8.23. The van der Waals surface area contributed by atoms with Crippen molar-refractivity contribution in [2.75, 3.05) is 6.61 Å². The van der Waals surface area contributed by atoms with Crippen LogP contribution in [-0.4, -0.2) is 52.4 Å². The monoisotopic (exact) mass is 556 g/mol.